The average Bonchev–Trinajstić information content (AvgIpc) is 2.30. The van der Waals surface area contributed by atoms with E-state index < -0.39 is 12.1 Å². The van der Waals surface area contributed by atoms with E-state index in [0.29, 0.717) is 3.57 Å². The van der Waals surface area contributed by atoms with Crippen LogP contribution >= 0.6 is 34.2 Å². The molecule has 1 N–H and O–H groups in total. The Kier molecular flexibility index (Phi) is 5.48. The highest BCUT2D eigenvalue weighted by Gasteiger charge is 2.31. The quantitative estimate of drug-likeness (QED) is 0.596. The van der Waals surface area contributed by atoms with E-state index in [1.54, 1.807) is 34.7 Å². The van der Waals surface area contributed by atoms with Crippen molar-refractivity contribution in [3.05, 3.63) is 32.5 Å². The first-order chi connectivity index (χ1) is 9.26. The third kappa shape index (κ3) is 4.79. The van der Waals surface area contributed by atoms with Gasteiger partial charge in [-0.15, -0.1) is 13.2 Å². The van der Waals surface area contributed by atoms with Crippen LogP contribution in [0.3, 0.4) is 0 Å². The van der Waals surface area contributed by atoms with E-state index in [-0.39, 0.29) is 16.3 Å². The molecule has 0 unspecified atom stereocenters. The Morgan fingerprint density at radius 1 is 1.35 bits per heavy atom. The van der Waals surface area contributed by atoms with Crippen molar-refractivity contribution in [3.63, 3.8) is 0 Å². The van der Waals surface area contributed by atoms with E-state index in [0.717, 1.165) is 18.3 Å². The van der Waals surface area contributed by atoms with Gasteiger partial charge in [0.25, 0.3) is 0 Å². The van der Waals surface area contributed by atoms with Crippen molar-refractivity contribution in [3.8, 4) is 17.9 Å². The lowest BCUT2D eigenvalue weighted by Gasteiger charge is -2.12. The Balaban J connectivity index is 3.05. The highest BCUT2D eigenvalue weighted by Crippen LogP contribution is 2.34. The lowest BCUT2D eigenvalue weighted by molar-refractivity contribution is -0.274. The summed E-state index contributed by atoms with van der Waals surface area (Å²) in [6.45, 7) is 0. The number of nitriles is 2. The number of allylic oxidation sites excluding steroid dienone is 1. The zero-order valence-corrected chi connectivity index (χ0v) is 12.3. The predicted octanol–water partition coefficient (Wildman–Crippen LogP) is 4.19. The number of benzene rings is 1. The summed E-state index contributed by atoms with van der Waals surface area (Å²) >= 11 is 7.57. The van der Waals surface area contributed by atoms with Crippen LogP contribution in [0.2, 0.25) is 5.02 Å². The van der Waals surface area contributed by atoms with Gasteiger partial charge in [-0.2, -0.15) is 10.5 Å². The minimum Gasteiger partial charge on any atom is -0.406 e. The zero-order chi connectivity index (χ0) is 15.3. The Morgan fingerprint density at radius 2 is 1.95 bits per heavy atom. The molecule has 0 amide bonds. The summed E-state index contributed by atoms with van der Waals surface area (Å²) in [6, 6.07) is 5.34. The number of hydrogen-bond acceptors (Lipinski definition) is 4. The summed E-state index contributed by atoms with van der Waals surface area (Å²) in [4.78, 5) is 0. The predicted molar refractivity (Wildman–Crippen MR) is 73.8 cm³/mol. The van der Waals surface area contributed by atoms with E-state index in [9.17, 15) is 13.2 Å². The third-order valence-corrected chi connectivity index (χ3v) is 3.00. The van der Waals surface area contributed by atoms with Crippen LogP contribution in [0.4, 0.5) is 18.9 Å². The maximum atomic E-state index is 12.1. The van der Waals surface area contributed by atoms with Gasteiger partial charge >= 0.3 is 6.36 Å². The molecule has 0 radical (unpaired) electrons. The smallest absolute Gasteiger partial charge is 0.406 e. The summed E-state index contributed by atoms with van der Waals surface area (Å²) < 4.78 is 40.3. The normalized spacial score (nSPS) is 10.2. The average molecular weight is 414 g/mol. The van der Waals surface area contributed by atoms with Gasteiger partial charge in [-0.25, -0.2) is 0 Å². The highest BCUT2D eigenvalue weighted by atomic mass is 127. The first-order valence-electron chi connectivity index (χ1n) is 4.78. The minimum absolute atomic E-state index is 0.0392. The standard InChI is InChI=1S/C11H4ClF3IN3O/c12-8-1-7(20-11(13,14)15)2-9(16)10(8)19-5-6(3-17)4-18/h1-2,5,19H. The Labute approximate surface area is 130 Å². The Morgan fingerprint density at radius 3 is 2.40 bits per heavy atom. The van der Waals surface area contributed by atoms with Gasteiger partial charge in [0.05, 0.1) is 10.7 Å². The van der Waals surface area contributed by atoms with Crippen LogP contribution in [0, 0.1) is 26.2 Å². The monoisotopic (exact) mass is 413 g/mol. The lowest BCUT2D eigenvalue weighted by Crippen LogP contribution is -2.17. The molecular weight excluding hydrogens is 409 g/mol. The van der Waals surface area contributed by atoms with Crippen LogP contribution in [0.25, 0.3) is 0 Å². The number of anilines is 1. The molecule has 0 saturated heterocycles. The van der Waals surface area contributed by atoms with Gasteiger partial charge in [0, 0.05) is 15.8 Å². The molecule has 1 rings (SSSR count). The van der Waals surface area contributed by atoms with Crippen molar-refractivity contribution in [2.45, 2.75) is 6.36 Å². The zero-order valence-electron chi connectivity index (χ0n) is 9.42. The molecule has 0 saturated carbocycles. The van der Waals surface area contributed by atoms with Gasteiger partial charge in [-0.1, -0.05) is 11.6 Å². The van der Waals surface area contributed by atoms with Crippen molar-refractivity contribution in [1.29, 1.82) is 10.5 Å². The van der Waals surface area contributed by atoms with Gasteiger partial charge in [0.2, 0.25) is 0 Å². The van der Waals surface area contributed by atoms with E-state index >= 15 is 0 Å². The summed E-state index contributed by atoms with van der Waals surface area (Å²) in [5.74, 6) is -0.456. The summed E-state index contributed by atoms with van der Waals surface area (Å²) in [6.07, 6.45) is -3.70. The molecule has 4 nitrogen and oxygen atoms in total. The van der Waals surface area contributed by atoms with Gasteiger partial charge in [0.15, 0.2) is 0 Å². The molecular formula is C11H4ClF3IN3O. The molecule has 0 spiro atoms. The van der Waals surface area contributed by atoms with E-state index in [4.69, 9.17) is 22.1 Å². The summed E-state index contributed by atoms with van der Waals surface area (Å²) in [5.41, 5.74) is 0.0669. The van der Waals surface area contributed by atoms with Crippen LogP contribution in [0.5, 0.6) is 5.75 Å². The molecule has 0 heterocycles. The van der Waals surface area contributed by atoms with E-state index in [1.807, 2.05) is 0 Å². The first kappa shape index (κ1) is 16.4. The first-order valence-corrected chi connectivity index (χ1v) is 6.24. The second-order valence-electron chi connectivity index (χ2n) is 3.24. The number of halogens is 5. The van der Waals surface area contributed by atoms with Crippen molar-refractivity contribution in [1.82, 2.24) is 0 Å². The summed E-state index contributed by atoms with van der Waals surface area (Å²) in [5, 5.41) is 19.7. The molecule has 0 aliphatic heterocycles. The minimum atomic E-state index is -4.81. The Bertz CT molecular complexity index is 592. The van der Waals surface area contributed by atoms with Crippen molar-refractivity contribution in [2.75, 3.05) is 5.32 Å². The molecule has 1 aromatic carbocycles. The highest BCUT2D eigenvalue weighted by molar-refractivity contribution is 14.1. The van der Waals surface area contributed by atoms with Crippen LogP contribution in [0.1, 0.15) is 0 Å². The molecule has 0 aromatic heterocycles. The fraction of sp³-hybridized carbons (Fsp3) is 0.0909. The van der Waals surface area contributed by atoms with Crippen LogP contribution < -0.4 is 10.1 Å². The van der Waals surface area contributed by atoms with Crippen LogP contribution in [-0.4, -0.2) is 6.36 Å². The topological polar surface area (TPSA) is 68.8 Å². The molecule has 0 fully saturated rings. The number of hydrogen-bond donors (Lipinski definition) is 1. The molecule has 0 aliphatic carbocycles. The molecule has 0 aliphatic rings. The molecule has 0 bridgehead atoms. The van der Waals surface area contributed by atoms with Crippen LogP contribution in [-0.2, 0) is 0 Å². The number of nitrogens with one attached hydrogen (secondary N) is 1. The number of alkyl halides is 3. The molecule has 9 heteroatoms. The molecule has 104 valence electrons. The molecule has 0 atom stereocenters. The van der Waals surface area contributed by atoms with E-state index in [2.05, 4.69) is 10.1 Å². The third-order valence-electron chi connectivity index (χ3n) is 1.85. The fourth-order valence-electron chi connectivity index (χ4n) is 1.11. The van der Waals surface area contributed by atoms with Crippen molar-refractivity contribution < 1.29 is 17.9 Å². The second kappa shape index (κ2) is 6.68. The SMILES string of the molecule is N#CC(C#N)=CNc1c(Cl)cc(OC(F)(F)F)cc1I. The van der Waals surface area contributed by atoms with Gasteiger partial charge in [-0.05, 0) is 28.7 Å². The van der Waals surface area contributed by atoms with Gasteiger partial charge in [-0.3, -0.25) is 0 Å². The summed E-state index contributed by atoms with van der Waals surface area (Å²) in [7, 11) is 0. The lowest BCUT2D eigenvalue weighted by atomic mass is 10.3. The van der Waals surface area contributed by atoms with Crippen LogP contribution in [0.15, 0.2) is 23.9 Å². The number of ether oxygens (including phenoxy) is 1. The van der Waals surface area contributed by atoms with Gasteiger partial charge in [0.1, 0.15) is 23.5 Å². The molecule has 20 heavy (non-hydrogen) atoms. The maximum absolute atomic E-state index is 12.1. The van der Waals surface area contributed by atoms with Crippen molar-refractivity contribution in [2.24, 2.45) is 0 Å². The van der Waals surface area contributed by atoms with Gasteiger partial charge < -0.3 is 10.1 Å². The fourth-order valence-corrected chi connectivity index (χ4v) is 2.29. The Hall–Kier alpha value is -1.65. The largest absolute Gasteiger partial charge is 0.573 e. The molecule has 1 aromatic rings. The number of nitrogens with zero attached hydrogens (tertiary/aromatic N) is 2. The second-order valence-corrected chi connectivity index (χ2v) is 4.81. The van der Waals surface area contributed by atoms with Crippen molar-refractivity contribution >= 4 is 39.9 Å². The maximum Gasteiger partial charge on any atom is 0.573 e. The van der Waals surface area contributed by atoms with E-state index in [1.165, 1.54) is 0 Å². The number of rotatable bonds is 3.